The van der Waals surface area contributed by atoms with Gasteiger partial charge in [-0.2, -0.15) is 0 Å². The highest BCUT2D eigenvalue weighted by molar-refractivity contribution is 5.04. The summed E-state index contributed by atoms with van der Waals surface area (Å²) in [5.41, 5.74) is -0.245. The van der Waals surface area contributed by atoms with Crippen LogP contribution in [0, 0.1) is 0 Å². The lowest BCUT2D eigenvalue weighted by Crippen LogP contribution is -2.66. The quantitative estimate of drug-likeness (QED) is 0.684. The van der Waals surface area contributed by atoms with Crippen LogP contribution in [0.2, 0.25) is 0 Å². The molecule has 5 aliphatic rings. The largest absolute Gasteiger partial charge is 0.375 e. The number of ether oxygens (including phenoxy) is 5. The minimum absolute atomic E-state index is 0.132. The molecule has 0 amide bonds. The van der Waals surface area contributed by atoms with Crippen LogP contribution in [0.15, 0.2) is 0 Å². The van der Waals surface area contributed by atoms with Crippen molar-refractivity contribution in [1.29, 1.82) is 0 Å². The molecule has 23 heavy (non-hydrogen) atoms. The standard InChI is InChI=1S/C18H28O5/c1-18-10-16-12(5-3-7-20-16)22-17(18)9-14-15(23-18)8-13-11(21-14)4-2-6-19-13/h11-17H,2-10H2,1H3/t11-,12+,13+,14+,15+,16-,17-,18+/m1/s1. The molecule has 5 rings (SSSR count). The third-order valence-corrected chi connectivity index (χ3v) is 6.48. The van der Waals surface area contributed by atoms with Crippen molar-refractivity contribution in [2.24, 2.45) is 0 Å². The second-order valence-electron chi connectivity index (χ2n) is 8.12. The Balaban J connectivity index is 1.33. The van der Waals surface area contributed by atoms with E-state index in [2.05, 4.69) is 6.92 Å². The SMILES string of the molecule is C[C@]12C[C@H]3OCCC[C@@H]3O[C@@H]1C[C@@H]1O[C@@H]3CCCO[C@H]3C[C@@H]1O2. The second kappa shape index (κ2) is 5.67. The summed E-state index contributed by atoms with van der Waals surface area (Å²) >= 11 is 0. The van der Waals surface area contributed by atoms with Crippen LogP contribution >= 0.6 is 0 Å². The van der Waals surface area contributed by atoms with Gasteiger partial charge in [-0.25, -0.2) is 0 Å². The Kier molecular flexibility index (Phi) is 3.72. The first-order chi connectivity index (χ1) is 11.2. The molecule has 130 valence electrons. The number of rotatable bonds is 0. The summed E-state index contributed by atoms with van der Waals surface area (Å²) in [4.78, 5) is 0. The monoisotopic (exact) mass is 324 g/mol. The minimum Gasteiger partial charge on any atom is -0.375 e. The lowest BCUT2D eigenvalue weighted by Gasteiger charge is -2.57. The van der Waals surface area contributed by atoms with Gasteiger partial charge in [-0.1, -0.05) is 0 Å². The highest BCUT2D eigenvalue weighted by Gasteiger charge is 2.56. The number of hydrogen-bond donors (Lipinski definition) is 0. The number of fused-ring (bicyclic) bond motifs is 4. The maximum absolute atomic E-state index is 6.57. The second-order valence-corrected chi connectivity index (χ2v) is 8.12. The molecule has 0 bridgehead atoms. The summed E-state index contributed by atoms with van der Waals surface area (Å²) in [5.74, 6) is 0. The van der Waals surface area contributed by atoms with E-state index in [0.29, 0.717) is 0 Å². The Morgan fingerprint density at radius 3 is 2.30 bits per heavy atom. The van der Waals surface area contributed by atoms with Gasteiger partial charge in [-0.15, -0.1) is 0 Å². The molecule has 5 fully saturated rings. The molecule has 5 saturated heterocycles. The lowest BCUT2D eigenvalue weighted by atomic mass is 9.77. The average Bonchev–Trinajstić information content (AvgIpc) is 2.55. The molecule has 0 aliphatic carbocycles. The Bertz CT molecular complexity index is 457. The topological polar surface area (TPSA) is 46.2 Å². The van der Waals surface area contributed by atoms with Crippen molar-refractivity contribution in [1.82, 2.24) is 0 Å². The van der Waals surface area contributed by atoms with E-state index in [-0.39, 0.29) is 48.3 Å². The van der Waals surface area contributed by atoms with E-state index in [4.69, 9.17) is 23.7 Å². The zero-order valence-corrected chi connectivity index (χ0v) is 13.9. The van der Waals surface area contributed by atoms with Gasteiger partial charge in [-0.3, -0.25) is 0 Å². The van der Waals surface area contributed by atoms with Crippen LogP contribution in [0.3, 0.4) is 0 Å². The van der Waals surface area contributed by atoms with Crippen LogP contribution in [0.4, 0.5) is 0 Å². The first kappa shape index (κ1) is 15.1. The highest BCUT2D eigenvalue weighted by atomic mass is 16.6. The molecule has 0 aromatic heterocycles. The van der Waals surface area contributed by atoms with E-state index in [9.17, 15) is 0 Å². The molecular formula is C18H28O5. The van der Waals surface area contributed by atoms with Crippen LogP contribution in [0.1, 0.15) is 51.9 Å². The molecule has 0 aromatic rings. The van der Waals surface area contributed by atoms with Crippen molar-refractivity contribution in [3.8, 4) is 0 Å². The number of hydrogen-bond acceptors (Lipinski definition) is 5. The molecule has 8 atom stereocenters. The van der Waals surface area contributed by atoms with E-state index >= 15 is 0 Å². The highest BCUT2D eigenvalue weighted by Crippen LogP contribution is 2.46. The van der Waals surface area contributed by atoms with Gasteiger partial charge in [0.25, 0.3) is 0 Å². The first-order valence-electron chi connectivity index (χ1n) is 9.43. The Morgan fingerprint density at radius 1 is 0.739 bits per heavy atom. The zero-order valence-electron chi connectivity index (χ0n) is 13.9. The summed E-state index contributed by atoms with van der Waals surface area (Å²) in [6, 6.07) is 0. The van der Waals surface area contributed by atoms with Crippen molar-refractivity contribution >= 4 is 0 Å². The lowest BCUT2D eigenvalue weighted by molar-refractivity contribution is -0.326. The van der Waals surface area contributed by atoms with Crippen molar-refractivity contribution in [2.45, 2.75) is 100 Å². The van der Waals surface area contributed by atoms with E-state index in [1.165, 1.54) is 0 Å². The predicted molar refractivity (Wildman–Crippen MR) is 82.4 cm³/mol. The molecule has 0 radical (unpaired) electrons. The molecule has 0 spiro atoms. The van der Waals surface area contributed by atoms with Crippen molar-refractivity contribution < 1.29 is 23.7 Å². The Hall–Kier alpha value is -0.200. The van der Waals surface area contributed by atoms with Crippen LogP contribution in [-0.4, -0.2) is 61.5 Å². The van der Waals surface area contributed by atoms with Crippen LogP contribution in [0.25, 0.3) is 0 Å². The van der Waals surface area contributed by atoms with Gasteiger partial charge in [0.15, 0.2) is 0 Å². The van der Waals surface area contributed by atoms with Crippen LogP contribution < -0.4 is 0 Å². The fourth-order valence-electron chi connectivity index (χ4n) is 5.24. The smallest absolute Gasteiger partial charge is 0.0946 e. The van der Waals surface area contributed by atoms with Gasteiger partial charge in [0, 0.05) is 32.5 Å². The summed E-state index contributed by atoms with van der Waals surface area (Å²) in [6.07, 6.45) is 8.67. The molecule has 5 heteroatoms. The molecule has 0 saturated carbocycles. The van der Waals surface area contributed by atoms with E-state index in [0.717, 1.165) is 58.2 Å². The maximum atomic E-state index is 6.57. The summed E-state index contributed by atoms with van der Waals surface area (Å²) in [6.45, 7) is 3.93. The molecular weight excluding hydrogens is 296 g/mol. The normalized spacial score (nSPS) is 56.0. The molecule has 0 aromatic carbocycles. The van der Waals surface area contributed by atoms with Gasteiger partial charge in [0.1, 0.15) is 0 Å². The molecule has 5 aliphatic heterocycles. The van der Waals surface area contributed by atoms with E-state index < -0.39 is 0 Å². The molecule has 5 heterocycles. The van der Waals surface area contributed by atoms with Gasteiger partial charge < -0.3 is 23.7 Å². The van der Waals surface area contributed by atoms with Crippen molar-refractivity contribution in [2.75, 3.05) is 13.2 Å². The zero-order chi connectivity index (χ0) is 15.4. The van der Waals surface area contributed by atoms with Crippen molar-refractivity contribution in [3.63, 3.8) is 0 Å². The van der Waals surface area contributed by atoms with Gasteiger partial charge in [0.05, 0.1) is 48.3 Å². The van der Waals surface area contributed by atoms with Crippen molar-refractivity contribution in [3.05, 3.63) is 0 Å². The summed E-state index contributed by atoms with van der Waals surface area (Å²) in [7, 11) is 0. The van der Waals surface area contributed by atoms with Crippen LogP contribution in [0.5, 0.6) is 0 Å². The fraction of sp³-hybridized carbons (Fsp3) is 1.00. The molecule has 0 N–H and O–H groups in total. The maximum Gasteiger partial charge on any atom is 0.0946 e. The van der Waals surface area contributed by atoms with E-state index in [1.807, 2.05) is 0 Å². The van der Waals surface area contributed by atoms with Gasteiger partial charge in [0.2, 0.25) is 0 Å². The Morgan fingerprint density at radius 2 is 1.48 bits per heavy atom. The minimum atomic E-state index is -0.245. The molecule has 5 nitrogen and oxygen atoms in total. The predicted octanol–water partition coefficient (Wildman–Crippen LogP) is 2.21. The first-order valence-corrected chi connectivity index (χ1v) is 9.43. The Labute approximate surface area is 137 Å². The third-order valence-electron chi connectivity index (χ3n) is 6.48. The summed E-state index contributed by atoms with van der Waals surface area (Å²) in [5, 5.41) is 0. The molecule has 0 unspecified atom stereocenters. The van der Waals surface area contributed by atoms with E-state index in [1.54, 1.807) is 0 Å². The summed E-state index contributed by atoms with van der Waals surface area (Å²) < 4.78 is 31.2. The average molecular weight is 324 g/mol. The van der Waals surface area contributed by atoms with Gasteiger partial charge >= 0.3 is 0 Å². The third kappa shape index (κ3) is 2.56. The van der Waals surface area contributed by atoms with Gasteiger partial charge in [-0.05, 0) is 32.6 Å². The van der Waals surface area contributed by atoms with Crippen LogP contribution in [-0.2, 0) is 23.7 Å². The fourth-order valence-corrected chi connectivity index (χ4v) is 5.24.